The Morgan fingerprint density at radius 3 is 2.67 bits per heavy atom. The van der Waals surface area contributed by atoms with Crippen LogP contribution in [0.3, 0.4) is 0 Å². The van der Waals surface area contributed by atoms with Crippen molar-refractivity contribution in [3.05, 3.63) is 39.4 Å². The minimum Gasteiger partial charge on any atom is -0.484 e. The van der Waals surface area contributed by atoms with E-state index in [1.54, 1.807) is 16.8 Å². The number of carbonyl (C=O) groups excluding carboxylic acids is 3. The third kappa shape index (κ3) is 5.54. The Hall–Kier alpha value is -3.35. The van der Waals surface area contributed by atoms with E-state index in [0.29, 0.717) is 36.9 Å². The fourth-order valence-electron chi connectivity index (χ4n) is 7.68. The molecule has 2 aliphatic heterocycles. The molecule has 2 aromatic rings. The van der Waals surface area contributed by atoms with Gasteiger partial charge in [-0.15, -0.1) is 5.10 Å². The number of hydrogen-bond donors (Lipinski definition) is 1. The highest BCUT2D eigenvalue weighted by Crippen LogP contribution is 2.54. The second-order valence-corrected chi connectivity index (χ2v) is 13.6. The number of likely N-dealkylation sites (tertiary alicyclic amines) is 1. The number of benzene rings is 1. The number of fused-ring (bicyclic) bond motifs is 1. The molecule has 1 aromatic carbocycles. The normalized spacial score (nSPS) is 25.6. The Morgan fingerprint density at radius 2 is 2.00 bits per heavy atom. The zero-order valence-corrected chi connectivity index (χ0v) is 26.4. The summed E-state index contributed by atoms with van der Waals surface area (Å²) in [6.45, 7) is 2.19. The lowest BCUT2D eigenvalue weighted by Gasteiger charge is -2.46. The average molecular weight is 651 g/mol. The van der Waals surface area contributed by atoms with E-state index in [0.717, 1.165) is 36.4 Å². The summed E-state index contributed by atoms with van der Waals surface area (Å²) in [7, 11) is 2.89. The van der Waals surface area contributed by atoms with Gasteiger partial charge in [0.25, 0.3) is 6.43 Å². The lowest BCUT2D eigenvalue weighted by atomic mass is 9.66. The Morgan fingerprint density at radius 1 is 1.24 bits per heavy atom. The van der Waals surface area contributed by atoms with Crippen LogP contribution in [0.5, 0.6) is 5.75 Å². The smallest absolute Gasteiger partial charge is 0.282 e. The summed E-state index contributed by atoms with van der Waals surface area (Å²) in [5.74, 6) is -2.17. The molecular formula is C31H38ClF3N6O4. The molecular weight excluding hydrogens is 613 g/mol. The number of carbonyl (C=O) groups is 3. The number of aryl methyl sites for hydroxylation is 1. The summed E-state index contributed by atoms with van der Waals surface area (Å²) in [5, 5.41) is 10.3. The lowest BCUT2D eigenvalue weighted by Crippen LogP contribution is -2.54. The van der Waals surface area contributed by atoms with Crippen LogP contribution in [0.2, 0.25) is 5.02 Å². The Bertz CT molecular complexity index is 1530. The fourth-order valence-corrected chi connectivity index (χ4v) is 7.97. The van der Waals surface area contributed by atoms with Crippen LogP contribution < -0.4 is 10.1 Å². The van der Waals surface area contributed by atoms with Crippen LogP contribution in [0.1, 0.15) is 86.9 Å². The predicted octanol–water partition coefficient (Wildman–Crippen LogP) is 4.51. The lowest BCUT2D eigenvalue weighted by molar-refractivity contribution is -0.153. The molecule has 0 radical (unpaired) electrons. The van der Waals surface area contributed by atoms with E-state index >= 15 is 4.39 Å². The molecule has 244 valence electrons. The van der Waals surface area contributed by atoms with Gasteiger partial charge in [-0.05, 0) is 56.1 Å². The molecule has 0 bridgehead atoms. The number of halogens is 4. The van der Waals surface area contributed by atoms with Gasteiger partial charge in [-0.3, -0.25) is 14.4 Å². The maximum absolute atomic E-state index is 15.8. The second kappa shape index (κ2) is 11.8. The molecule has 10 nitrogen and oxygen atoms in total. The summed E-state index contributed by atoms with van der Waals surface area (Å²) < 4.78 is 50.2. The molecule has 6 rings (SSSR count). The monoisotopic (exact) mass is 650 g/mol. The van der Waals surface area contributed by atoms with Crippen LogP contribution in [0.4, 0.5) is 13.2 Å². The van der Waals surface area contributed by atoms with Crippen LogP contribution in [-0.2, 0) is 34.5 Å². The van der Waals surface area contributed by atoms with Gasteiger partial charge in [-0.1, -0.05) is 29.7 Å². The van der Waals surface area contributed by atoms with Crippen molar-refractivity contribution in [3.8, 4) is 5.75 Å². The standard InChI is InChI=1S/C31H38ClF3N6O4/c1-30(29(44)36-2)8-5-4-6-18(30)28(43)41-11-7-17-19(32)12-20(33)26(45-15-21-25(27(34)35)39(3)38-37-21)24(17)22(41)14-40-16-31(9-10-31)13-23(40)42/h12,18,22,27H,4-11,13-16H2,1-3H3,(H,36,44)/t18-,22?,30-/m0/s1. The number of ether oxygens (including phenoxy) is 1. The number of alkyl halides is 2. The van der Waals surface area contributed by atoms with E-state index in [9.17, 15) is 23.2 Å². The minimum absolute atomic E-state index is 0.0361. The SMILES string of the molecule is CNC(=O)[C@@]1(C)CCCC[C@H]1C(=O)N1CCc2c(Cl)cc(F)c(OCc3nnn(C)c3C(F)F)c2C1CN1CC2(CC2)CC1=O. The molecule has 4 aliphatic rings. The summed E-state index contributed by atoms with van der Waals surface area (Å²) >= 11 is 6.60. The van der Waals surface area contributed by atoms with Gasteiger partial charge < -0.3 is 19.9 Å². The first-order valence-electron chi connectivity index (χ1n) is 15.5. The minimum atomic E-state index is -2.88. The zero-order valence-electron chi connectivity index (χ0n) is 25.7. The van der Waals surface area contributed by atoms with Crippen molar-refractivity contribution in [1.82, 2.24) is 30.1 Å². The second-order valence-electron chi connectivity index (χ2n) is 13.2. The van der Waals surface area contributed by atoms with E-state index in [1.165, 1.54) is 7.05 Å². The van der Waals surface area contributed by atoms with Crippen molar-refractivity contribution in [2.45, 2.75) is 77.4 Å². The van der Waals surface area contributed by atoms with Crippen LogP contribution in [0, 0.1) is 22.6 Å². The first kappa shape index (κ1) is 31.6. The molecule has 3 fully saturated rings. The van der Waals surface area contributed by atoms with E-state index in [2.05, 4.69) is 15.6 Å². The molecule has 1 spiro atoms. The molecule has 2 aliphatic carbocycles. The van der Waals surface area contributed by atoms with Gasteiger partial charge in [0.15, 0.2) is 11.6 Å². The maximum Gasteiger partial charge on any atom is 0.282 e. The van der Waals surface area contributed by atoms with Crippen molar-refractivity contribution in [2.24, 2.45) is 23.8 Å². The van der Waals surface area contributed by atoms with E-state index in [4.69, 9.17) is 16.3 Å². The number of rotatable bonds is 8. The van der Waals surface area contributed by atoms with Crippen molar-refractivity contribution >= 4 is 29.3 Å². The summed E-state index contributed by atoms with van der Waals surface area (Å²) in [5.41, 5.74) is -0.710. The van der Waals surface area contributed by atoms with Crippen molar-refractivity contribution < 1.29 is 32.3 Å². The number of hydrogen-bond acceptors (Lipinski definition) is 6. The molecule has 1 N–H and O–H groups in total. The first-order chi connectivity index (χ1) is 21.4. The van der Waals surface area contributed by atoms with Crippen molar-refractivity contribution in [3.63, 3.8) is 0 Å². The number of aromatic nitrogens is 3. The van der Waals surface area contributed by atoms with Crippen LogP contribution >= 0.6 is 11.6 Å². The Kier molecular flexibility index (Phi) is 8.28. The molecule has 2 saturated carbocycles. The fraction of sp³-hybridized carbons (Fsp3) is 0.645. The zero-order chi connectivity index (χ0) is 32.3. The Labute approximate surface area is 264 Å². The first-order valence-corrected chi connectivity index (χ1v) is 15.9. The molecule has 3 heterocycles. The van der Waals surface area contributed by atoms with Gasteiger partial charge >= 0.3 is 0 Å². The van der Waals surface area contributed by atoms with Gasteiger partial charge in [0.05, 0.1) is 17.4 Å². The quantitative estimate of drug-likeness (QED) is 0.451. The third-order valence-corrected chi connectivity index (χ3v) is 10.8. The number of nitrogens with one attached hydrogen (secondary N) is 1. The van der Waals surface area contributed by atoms with Crippen molar-refractivity contribution in [2.75, 3.05) is 26.7 Å². The van der Waals surface area contributed by atoms with Crippen LogP contribution in [-0.4, -0.2) is 69.2 Å². The highest BCUT2D eigenvalue weighted by atomic mass is 35.5. The van der Waals surface area contributed by atoms with E-state index in [-0.39, 0.29) is 59.1 Å². The Balaban J connectivity index is 1.41. The topological polar surface area (TPSA) is 110 Å². The molecule has 3 atom stereocenters. The molecule has 1 saturated heterocycles. The van der Waals surface area contributed by atoms with Crippen LogP contribution in [0.25, 0.3) is 0 Å². The number of nitrogens with zero attached hydrogens (tertiary/aromatic N) is 5. The molecule has 1 unspecified atom stereocenters. The van der Waals surface area contributed by atoms with E-state index < -0.39 is 41.9 Å². The van der Waals surface area contributed by atoms with Crippen LogP contribution in [0.15, 0.2) is 6.07 Å². The number of amides is 3. The largest absolute Gasteiger partial charge is 0.484 e. The average Bonchev–Trinajstić information content (AvgIpc) is 3.53. The molecule has 3 amide bonds. The van der Waals surface area contributed by atoms with Crippen molar-refractivity contribution in [1.29, 1.82) is 0 Å². The maximum atomic E-state index is 15.8. The van der Waals surface area contributed by atoms with Gasteiger partial charge in [-0.25, -0.2) is 17.9 Å². The summed E-state index contributed by atoms with van der Waals surface area (Å²) in [6, 6.07) is 0.286. The third-order valence-electron chi connectivity index (χ3n) is 10.4. The molecule has 45 heavy (non-hydrogen) atoms. The summed E-state index contributed by atoms with van der Waals surface area (Å²) in [6.07, 6.45) is 2.38. The van der Waals surface area contributed by atoms with Gasteiger partial charge in [0.2, 0.25) is 17.7 Å². The van der Waals surface area contributed by atoms with Gasteiger partial charge in [-0.2, -0.15) is 0 Å². The summed E-state index contributed by atoms with van der Waals surface area (Å²) in [4.78, 5) is 44.3. The highest BCUT2D eigenvalue weighted by molar-refractivity contribution is 6.31. The van der Waals surface area contributed by atoms with Gasteiger partial charge in [0.1, 0.15) is 18.0 Å². The molecule has 1 aromatic heterocycles. The van der Waals surface area contributed by atoms with Gasteiger partial charge in [0, 0.05) is 50.7 Å². The predicted molar refractivity (Wildman–Crippen MR) is 157 cm³/mol. The highest BCUT2D eigenvalue weighted by Gasteiger charge is 2.54. The molecule has 14 heteroatoms. The van der Waals surface area contributed by atoms with E-state index in [1.807, 2.05) is 6.92 Å².